The summed E-state index contributed by atoms with van der Waals surface area (Å²) in [6.45, 7) is 2.92. The predicted molar refractivity (Wildman–Crippen MR) is 128 cm³/mol. The lowest BCUT2D eigenvalue weighted by molar-refractivity contribution is -0.152. The van der Waals surface area contributed by atoms with Gasteiger partial charge in [-0.2, -0.15) is 0 Å². The van der Waals surface area contributed by atoms with Crippen molar-refractivity contribution in [1.82, 2.24) is 10.2 Å². The lowest BCUT2D eigenvalue weighted by atomic mass is 10.0. The second-order valence-corrected chi connectivity index (χ2v) is 8.27. The molecule has 1 atom stereocenters. The number of aromatic hydroxyl groups is 1. The van der Waals surface area contributed by atoms with E-state index < -0.39 is 18.1 Å². The first-order chi connectivity index (χ1) is 16.9. The number of piperidine rings is 1. The summed E-state index contributed by atoms with van der Waals surface area (Å²) in [6, 6.07) is 14.9. The number of alkyl carbamates (subject to hydrolysis) is 1. The Morgan fingerprint density at radius 1 is 1.00 bits per heavy atom. The molecule has 1 aliphatic rings. The van der Waals surface area contributed by atoms with Crippen LogP contribution in [0.1, 0.15) is 30.9 Å². The van der Waals surface area contributed by atoms with Crippen molar-refractivity contribution in [2.24, 2.45) is 0 Å². The molecule has 1 fully saturated rings. The van der Waals surface area contributed by atoms with E-state index >= 15 is 0 Å². The maximum Gasteiger partial charge on any atom is 0.408 e. The maximum atomic E-state index is 13.3. The summed E-state index contributed by atoms with van der Waals surface area (Å²) in [6.07, 6.45) is 0.589. The minimum Gasteiger partial charge on any atom is -0.508 e. The number of carbonyl (C=O) groups excluding carboxylic acids is 3. The molecule has 0 bridgehead atoms. The molecular weight excluding hydrogens is 452 g/mol. The number of amides is 2. The van der Waals surface area contributed by atoms with Gasteiger partial charge in [0.05, 0.1) is 12.7 Å². The summed E-state index contributed by atoms with van der Waals surface area (Å²) >= 11 is 0. The minimum atomic E-state index is -0.834. The Bertz CT molecular complexity index is 957. The zero-order valence-corrected chi connectivity index (χ0v) is 19.9. The van der Waals surface area contributed by atoms with E-state index in [2.05, 4.69) is 5.32 Å². The van der Waals surface area contributed by atoms with Crippen LogP contribution in [0.15, 0.2) is 54.6 Å². The molecule has 2 aromatic carbocycles. The molecule has 3 rings (SSSR count). The van der Waals surface area contributed by atoms with E-state index in [0.717, 1.165) is 11.1 Å². The van der Waals surface area contributed by atoms with Gasteiger partial charge in [0.25, 0.3) is 0 Å². The van der Waals surface area contributed by atoms with Crippen molar-refractivity contribution in [2.75, 3.05) is 26.3 Å². The molecule has 0 saturated carbocycles. The average molecular weight is 485 g/mol. The number of ether oxygens (including phenoxy) is 3. The molecule has 1 heterocycles. The fraction of sp³-hybridized carbons (Fsp3) is 0.423. The van der Waals surface area contributed by atoms with Crippen LogP contribution >= 0.6 is 0 Å². The number of esters is 1. The number of phenolic OH excluding ortho intramolecular Hbond substituents is 1. The van der Waals surface area contributed by atoms with Gasteiger partial charge in [0, 0.05) is 19.5 Å². The van der Waals surface area contributed by atoms with E-state index in [1.807, 2.05) is 30.3 Å². The first-order valence-electron chi connectivity index (χ1n) is 11.8. The molecule has 1 aliphatic heterocycles. The van der Waals surface area contributed by atoms with Gasteiger partial charge >= 0.3 is 12.1 Å². The Balaban J connectivity index is 1.57. The van der Waals surface area contributed by atoms with Crippen LogP contribution in [-0.4, -0.2) is 66.4 Å². The number of carbonyl (C=O) groups is 3. The maximum absolute atomic E-state index is 13.3. The molecule has 1 saturated heterocycles. The van der Waals surface area contributed by atoms with Gasteiger partial charge in [0.1, 0.15) is 25.0 Å². The Morgan fingerprint density at radius 3 is 2.34 bits per heavy atom. The molecule has 0 aromatic heterocycles. The summed E-state index contributed by atoms with van der Waals surface area (Å²) in [5.41, 5.74) is 1.63. The van der Waals surface area contributed by atoms with Crippen LogP contribution in [0.5, 0.6) is 5.75 Å². The first-order valence-corrected chi connectivity index (χ1v) is 11.8. The van der Waals surface area contributed by atoms with Crippen molar-refractivity contribution >= 4 is 18.0 Å². The van der Waals surface area contributed by atoms with E-state index in [4.69, 9.17) is 14.2 Å². The zero-order valence-electron chi connectivity index (χ0n) is 19.9. The third kappa shape index (κ3) is 8.60. The molecule has 0 spiro atoms. The highest BCUT2D eigenvalue weighted by molar-refractivity contribution is 5.86. The van der Waals surface area contributed by atoms with E-state index in [-0.39, 0.29) is 37.4 Å². The second-order valence-electron chi connectivity index (χ2n) is 8.27. The van der Waals surface area contributed by atoms with Crippen molar-refractivity contribution in [3.63, 3.8) is 0 Å². The van der Waals surface area contributed by atoms with E-state index in [0.29, 0.717) is 32.5 Å². The van der Waals surface area contributed by atoms with Crippen molar-refractivity contribution < 1.29 is 33.7 Å². The van der Waals surface area contributed by atoms with Crippen LogP contribution in [-0.2, 0) is 36.8 Å². The number of benzene rings is 2. The summed E-state index contributed by atoms with van der Waals surface area (Å²) < 4.78 is 15.8. The summed E-state index contributed by atoms with van der Waals surface area (Å²) in [4.78, 5) is 39.0. The van der Waals surface area contributed by atoms with Crippen molar-refractivity contribution in [2.45, 2.75) is 44.9 Å². The number of likely N-dealkylation sites (tertiary alicyclic amines) is 1. The normalized spacial score (nSPS) is 14.7. The van der Waals surface area contributed by atoms with E-state index in [1.165, 1.54) is 12.1 Å². The SMILES string of the molecule is CCOC(=O)COC1CCN(C(=O)[C@H](Cc2ccc(O)cc2)NC(=O)OCc2ccccc2)CC1. The number of hydrogen-bond donors (Lipinski definition) is 2. The standard InChI is InChI=1S/C26H32N2O7/c1-2-33-24(30)18-34-22-12-14-28(15-13-22)25(31)23(16-19-8-10-21(29)11-9-19)27-26(32)35-17-20-6-4-3-5-7-20/h3-11,22-23,29H,2,12-18H2,1H3,(H,27,32)/t23-/m0/s1. The molecule has 188 valence electrons. The topological polar surface area (TPSA) is 114 Å². The summed E-state index contributed by atoms with van der Waals surface area (Å²) in [5.74, 6) is -0.506. The quantitative estimate of drug-likeness (QED) is 0.499. The van der Waals surface area contributed by atoms with Crippen molar-refractivity contribution in [1.29, 1.82) is 0 Å². The molecule has 9 nitrogen and oxygen atoms in total. The number of rotatable bonds is 10. The lowest BCUT2D eigenvalue weighted by Crippen LogP contribution is -2.52. The Morgan fingerprint density at radius 2 is 1.69 bits per heavy atom. The summed E-state index contributed by atoms with van der Waals surface area (Å²) in [5, 5.41) is 12.3. The minimum absolute atomic E-state index is 0.0932. The molecule has 2 amide bonds. The van der Waals surface area contributed by atoms with Crippen LogP contribution in [0.2, 0.25) is 0 Å². The number of hydrogen-bond acceptors (Lipinski definition) is 7. The average Bonchev–Trinajstić information content (AvgIpc) is 2.88. The highest BCUT2D eigenvalue weighted by Gasteiger charge is 2.30. The van der Waals surface area contributed by atoms with Gasteiger partial charge in [-0.15, -0.1) is 0 Å². The Kier molecular flexibility index (Phi) is 9.92. The van der Waals surface area contributed by atoms with Crippen molar-refractivity contribution in [3.05, 3.63) is 65.7 Å². The number of nitrogens with one attached hydrogen (secondary N) is 1. The van der Waals surface area contributed by atoms with Crippen molar-refractivity contribution in [3.8, 4) is 5.75 Å². The fourth-order valence-electron chi connectivity index (χ4n) is 3.83. The molecule has 35 heavy (non-hydrogen) atoms. The van der Waals surface area contributed by atoms with E-state index in [1.54, 1.807) is 24.0 Å². The smallest absolute Gasteiger partial charge is 0.408 e. The monoisotopic (exact) mass is 484 g/mol. The third-order valence-electron chi connectivity index (χ3n) is 5.67. The van der Waals surface area contributed by atoms with Gasteiger partial charge in [-0.05, 0) is 43.0 Å². The largest absolute Gasteiger partial charge is 0.508 e. The lowest BCUT2D eigenvalue weighted by Gasteiger charge is -2.34. The van der Waals surface area contributed by atoms with Crippen LogP contribution < -0.4 is 5.32 Å². The highest BCUT2D eigenvalue weighted by Crippen LogP contribution is 2.17. The highest BCUT2D eigenvalue weighted by atomic mass is 16.6. The van der Waals surface area contributed by atoms with Crippen LogP contribution in [0.25, 0.3) is 0 Å². The second kappa shape index (κ2) is 13.3. The third-order valence-corrected chi connectivity index (χ3v) is 5.67. The first kappa shape index (κ1) is 26.0. The van der Waals surface area contributed by atoms with Crippen LogP contribution in [0, 0.1) is 0 Å². The zero-order chi connectivity index (χ0) is 25.0. The molecular formula is C26H32N2O7. The van der Waals surface area contributed by atoms with Gasteiger partial charge in [-0.1, -0.05) is 42.5 Å². The van der Waals surface area contributed by atoms with Gasteiger partial charge in [-0.25, -0.2) is 9.59 Å². The molecule has 0 radical (unpaired) electrons. The Hall–Kier alpha value is -3.59. The molecule has 9 heteroatoms. The van der Waals surface area contributed by atoms with E-state index in [9.17, 15) is 19.5 Å². The molecule has 0 unspecified atom stereocenters. The predicted octanol–water partition coefficient (Wildman–Crippen LogP) is 2.80. The number of phenols is 1. The number of nitrogens with zero attached hydrogens (tertiary/aromatic N) is 1. The molecule has 2 N–H and O–H groups in total. The van der Waals surface area contributed by atoms with Gasteiger partial charge in [0.2, 0.25) is 5.91 Å². The molecule has 2 aromatic rings. The summed E-state index contributed by atoms with van der Waals surface area (Å²) in [7, 11) is 0. The van der Waals surface area contributed by atoms with Gasteiger partial charge < -0.3 is 29.5 Å². The van der Waals surface area contributed by atoms with Crippen LogP contribution in [0.3, 0.4) is 0 Å². The van der Waals surface area contributed by atoms with Crippen LogP contribution in [0.4, 0.5) is 4.79 Å². The van der Waals surface area contributed by atoms with Gasteiger partial charge in [0.15, 0.2) is 0 Å². The van der Waals surface area contributed by atoms with Gasteiger partial charge in [-0.3, -0.25) is 4.79 Å². The fourth-order valence-corrected chi connectivity index (χ4v) is 3.83. The molecule has 0 aliphatic carbocycles. The Labute approximate surface area is 205 Å².